The molecule has 0 fully saturated rings. The van der Waals surface area contributed by atoms with Crippen molar-refractivity contribution in [3.05, 3.63) is 144 Å². The minimum atomic E-state index is -0.398. The van der Waals surface area contributed by atoms with Gasteiger partial charge in [0.25, 0.3) is 5.91 Å². The number of ether oxygens (including phenoxy) is 2. The summed E-state index contributed by atoms with van der Waals surface area (Å²) in [5.41, 5.74) is 3.77. The second-order valence-corrected chi connectivity index (χ2v) is 8.08. The highest BCUT2D eigenvalue weighted by Gasteiger charge is 2.37. The first-order valence-electron chi connectivity index (χ1n) is 11.3. The van der Waals surface area contributed by atoms with Gasteiger partial charge < -0.3 is 9.47 Å². The zero-order chi connectivity index (χ0) is 23.3. The lowest BCUT2D eigenvalue weighted by molar-refractivity contribution is -0.118. The van der Waals surface area contributed by atoms with E-state index in [9.17, 15) is 4.79 Å². The van der Waals surface area contributed by atoms with Gasteiger partial charge in [0, 0.05) is 5.69 Å². The number of rotatable bonds is 7. The summed E-state index contributed by atoms with van der Waals surface area (Å²) in [4.78, 5) is 15.5. The normalized spacial score (nSPS) is 15.4. The van der Waals surface area contributed by atoms with Gasteiger partial charge in [0.05, 0.1) is 13.2 Å². The van der Waals surface area contributed by atoms with Gasteiger partial charge in [-0.2, -0.15) is 0 Å². The number of methoxy groups -OCH3 is 1. The van der Waals surface area contributed by atoms with Crippen LogP contribution in [0.3, 0.4) is 0 Å². The molecule has 4 heteroatoms. The topological polar surface area (TPSA) is 38.8 Å². The van der Waals surface area contributed by atoms with Gasteiger partial charge in [-0.15, -0.1) is 0 Å². The first-order chi connectivity index (χ1) is 16.7. The number of hydrogen-bond acceptors (Lipinski definition) is 3. The smallest absolute Gasteiger partial charge is 0.293 e. The molecule has 1 aliphatic heterocycles. The van der Waals surface area contributed by atoms with E-state index in [2.05, 4.69) is 0 Å². The molecule has 0 saturated carbocycles. The van der Waals surface area contributed by atoms with E-state index >= 15 is 0 Å². The van der Waals surface area contributed by atoms with Crippen molar-refractivity contribution in [2.45, 2.75) is 12.1 Å². The van der Waals surface area contributed by atoms with Crippen molar-refractivity contribution in [2.24, 2.45) is 0 Å². The van der Waals surface area contributed by atoms with Crippen LogP contribution in [-0.4, -0.2) is 13.0 Å². The molecule has 1 atom stereocenters. The van der Waals surface area contributed by atoms with Crippen LogP contribution in [-0.2, 0) is 9.53 Å². The number of nitrogens with zero attached hydrogens (tertiary/aromatic N) is 1. The summed E-state index contributed by atoms with van der Waals surface area (Å²) in [6.45, 7) is 0. The molecule has 0 bridgehead atoms. The average molecular weight is 448 g/mol. The van der Waals surface area contributed by atoms with Gasteiger partial charge in [0.15, 0.2) is 5.76 Å². The largest absolute Gasteiger partial charge is 0.497 e. The number of benzene rings is 4. The van der Waals surface area contributed by atoms with E-state index in [-0.39, 0.29) is 11.9 Å². The van der Waals surface area contributed by atoms with Gasteiger partial charge >= 0.3 is 0 Å². The molecule has 0 aromatic heterocycles. The minimum absolute atomic E-state index is 0.163. The Balaban J connectivity index is 1.54. The summed E-state index contributed by atoms with van der Waals surface area (Å²) in [5, 5.41) is 0. The van der Waals surface area contributed by atoms with E-state index in [0.29, 0.717) is 5.76 Å². The molecule has 1 unspecified atom stereocenters. The van der Waals surface area contributed by atoms with Crippen LogP contribution in [0, 0.1) is 0 Å². The molecular formula is C30H25NO3. The second-order valence-electron chi connectivity index (χ2n) is 8.08. The molecule has 4 aromatic rings. The number of carbonyl (C=O) groups is 1. The molecular weight excluding hydrogens is 422 g/mol. The zero-order valence-corrected chi connectivity index (χ0v) is 18.9. The Morgan fingerprint density at radius 2 is 1.24 bits per heavy atom. The fourth-order valence-corrected chi connectivity index (χ4v) is 4.25. The van der Waals surface area contributed by atoms with Crippen LogP contribution in [0.2, 0.25) is 0 Å². The lowest BCUT2D eigenvalue weighted by atomic mass is 10.0. The van der Waals surface area contributed by atoms with Crippen molar-refractivity contribution >= 4 is 11.6 Å². The van der Waals surface area contributed by atoms with Crippen LogP contribution < -0.4 is 9.64 Å². The van der Waals surface area contributed by atoms with Crippen molar-refractivity contribution in [3.8, 4) is 5.75 Å². The van der Waals surface area contributed by atoms with Crippen LogP contribution in [0.25, 0.3) is 0 Å². The summed E-state index contributed by atoms with van der Waals surface area (Å²) >= 11 is 0. The van der Waals surface area contributed by atoms with E-state index in [0.717, 1.165) is 28.1 Å². The maximum absolute atomic E-state index is 13.7. The van der Waals surface area contributed by atoms with E-state index in [1.165, 1.54) is 0 Å². The Labute approximate surface area is 199 Å². The predicted octanol–water partition coefficient (Wildman–Crippen LogP) is 6.47. The summed E-state index contributed by atoms with van der Waals surface area (Å²) < 4.78 is 11.8. The maximum Gasteiger partial charge on any atom is 0.293 e. The number of hydrogen-bond donors (Lipinski definition) is 0. The molecule has 1 aliphatic rings. The first kappa shape index (κ1) is 21.5. The van der Waals surface area contributed by atoms with Crippen molar-refractivity contribution in [1.29, 1.82) is 0 Å². The van der Waals surface area contributed by atoms with E-state index in [1.54, 1.807) is 12.0 Å². The molecule has 0 aliphatic carbocycles. The summed E-state index contributed by atoms with van der Waals surface area (Å²) in [6.07, 6.45) is 1.51. The van der Waals surface area contributed by atoms with Gasteiger partial charge in [-0.05, 0) is 47.0 Å². The van der Waals surface area contributed by atoms with Crippen molar-refractivity contribution in [2.75, 3.05) is 12.0 Å². The summed E-state index contributed by atoms with van der Waals surface area (Å²) in [5.74, 6) is 0.944. The molecule has 0 spiro atoms. The molecule has 34 heavy (non-hydrogen) atoms. The van der Waals surface area contributed by atoms with Gasteiger partial charge in [-0.25, -0.2) is 0 Å². The van der Waals surface area contributed by atoms with Crippen molar-refractivity contribution in [1.82, 2.24) is 0 Å². The standard InChI is InChI=1S/C30H25NO3/c1-33-26-19-17-22(18-20-26)27-21-28(30(32)31(27)25-15-9-4-10-16-25)34-29(23-11-5-2-6-12-23)24-13-7-3-8-14-24/h2-21,27,29H,1H3. The van der Waals surface area contributed by atoms with Crippen LogP contribution in [0.5, 0.6) is 5.75 Å². The van der Waals surface area contributed by atoms with E-state index in [4.69, 9.17) is 9.47 Å². The Bertz CT molecular complexity index is 1230. The van der Waals surface area contributed by atoms with Gasteiger partial charge in [0.2, 0.25) is 0 Å². The second kappa shape index (κ2) is 9.67. The fraction of sp³-hybridized carbons (Fsp3) is 0.100. The van der Waals surface area contributed by atoms with Crippen LogP contribution in [0.15, 0.2) is 127 Å². The molecule has 4 nitrogen and oxygen atoms in total. The van der Waals surface area contributed by atoms with E-state index < -0.39 is 6.10 Å². The SMILES string of the molecule is COc1ccc(C2C=C(OC(c3ccccc3)c3ccccc3)C(=O)N2c2ccccc2)cc1. The Kier molecular flexibility index (Phi) is 6.13. The highest BCUT2D eigenvalue weighted by atomic mass is 16.5. The summed E-state index contributed by atoms with van der Waals surface area (Å²) in [6, 6.07) is 37.2. The van der Waals surface area contributed by atoms with Gasteiger partial charge in [-0.3, -0.25) is 9.69 Å². The molecule has 4 aromatic carbocycles. The Hall–Kier alpha value is -4.31. The number of carbonyl (C=O) groups excluding carboxylic acids is 1. The zero-order valence-electron chi connectivity index (χ0n) is 18.9. The molecule has 5 rings (SSSR count). The molecule has 168 valence electrons. The predicted molar refractivity (Wildman–Crippen MR) is 134 cm³/mol. The number of amides is 1. The van der Waals surface area contributed by atoms with Crippen molar-refractivity contribution in [3.63, 3.8) is 0 Å². The third kappa shape index (κ3) is 4.30. The number of para-hydroxylation sites is 1. The highest BCUT2D eigenvalue weighted by molar-refractivity contribution is 6.08. The molecule has 1 heterocycles. The Morgan fingerprint density at radius 3 is 1.76 bits per heavy atom. The summed E-state index contributed by atoms with van der Waals surface area (Å²) in [7, 11) is 1.64. The third-order valence-electron chi connectivity index (χ3n) is 5.96. The highest BCUT2D eigenvalue weighted by Crippen LogP contribution is 2.39. The maximum atomic E-state index is 13.7. The molecule has 0 N–H and O–H groups in total. The van der Waals surface area contributed by atoms with E-state index in [1.807, 2.05) is 121 Å². The molecule has 0 saturated heterocycles. The molecule has 1 amide bonds. The molecule has 0 radical (unpaired) electrons. The third-order valence-corrected chi connectivity index (χ3v) is 5.96. The first-order valence-corrected chi connectivity index (χ1v) is 11.3. The van der Waals surface area contributed by atoms with Gasteiger partial charge in [0.1, 0.15) is 11.9 Å². The van der Waals surface area contributed by atoms with Crippen molar-refractivity contribution < 1.29 is 14.3 Å². The monoisotopic (exact) mass is 447 g/mol. The Morgan fingerprint density at radius 1 is 0.706 bits per heavy atom. The van der Waals surface area contributed by atoms with Crippen LogP contribution in [0.1, 0.15) is 28.8 Å². The minimum Gasteiger partial charge on any atom is -0.497 e. The van der Waals surface area contributed by atoms with Gasteiger partial charge in [-0.1, -0.05) is 91.0 Å². The van der Waals surface area contributed by atoms with Crippen LogP contribution >= 0.6 is 0 Å². The average Bonchev–Trinajstić information content (AvgIpc) is 3.24. The van der Waals surface area contributed by atoms with Crippen LogP contribution in [0.4, 0.5) is 5.69 Å². The number of anilines is 1. The lowest BCUT2D eigenvalue weighted by Crippen LogP contribution is -2.30. The quantitative estimate of drug-likeness (QED) is 0.326. The fourth-order valence-electron chi connectivity index (χ4n) is 4.25. The lowest BCUT2D eigenvalue weighted by Gasteiger charge is -2.25.